The van der Waals surface area contributed by atoms with Gasteiger partial charge in [0.2, 0.25) is 5.91 Å². The van der Waals surface area contributed by atoms with Gasteiger partial charge in [0.05, 0.1) is 5.60 Å². The van der Waals surface area contributed by atoms with Crippen LogP contribution >= 0.6 is 0 Å². The lowest BCUT2D eigenvalue weighted by Crippen LogP contribution is -2.41. The smallest absolute Gasteiger partial charge is 0.246 e. The largest absolute Gasteiger partial charge is 0.374 e. The van der Waals surface area contributed by atoms with Crippen LogP contribution in [0.1, 0.15) is 34.1 Å². The molecule has 0 unspecified atom stereocenters. The highest BCUT2D eigenvalue weighted by Crippen LogP contribution is 2.16. The van der Waals surface area contributed by atoms with Crippen molar-refractivity contribution in [1.29, 1.82) is 0 Å². The van der Waals surface area contributed by atoms with E-state index in [1.165, 1.54) is 0 Å². The summed E-state index contributed by atoms with van der Waals surface area (Å²) in [5.41, 5.74) is 0.824. The second-order valence-corrected chi connectivity index (χ2v) is 4.94. The molecule has 0 aromatic rings. The molecule has 0 aromatic carbocycles. The highest BCUT2D eigenvalue weighted by atomic mass is 16.5. The van der Waals surface area contributed by atoms with Gasteiger partial charge >= 0.3 is 0 Å². The molecule has 1 amide bonds. The van der Waals surface area contributed by atoms with Crippen molar-refractivity contribution in [1.82, 2.24) is 4.90 Å². The molecule has 1 saturated heterocycles. The second-order valence-electron chi connectivity index (χ2n) is 4.94. The van der Waals surface area contributed by atoms with Crippen molar-refractivity contribution in [2.75, 3.05) is 19.7 Å². The third kappa shape index (κ3) is 4.04. The third-order valence-corrected chi connectivity index (χ3v) is 2.36. The molecule has 1 fully saturated rings. The van der Waals surface area contributed by atoms with Crippen LogP contribution in [0.15, 0.2) is 11.6 Å². The number of allylic oxidation sites excluding steroid dienone is 1. The lowest BCUT2D eigenvalue weighted by molar-refractivity contribution is -0.128. The van der Waals surface area contributed by atoms with Crippen LogP contribution in [0.2, 0.25) is 0 Å². The Balaban J connectivity index is 2.68. The van der Waals surface area contributed by atoms with E-state index in [9.17, 15) is 4.79 Å². The van der Waals surface area contributed by atoms with Gasteiger partial charge in [-0.05, 0) is 34.1 Å². The van der Waals surface area contributed by atoms with Crippen LogP contribution < -0.4 is 0 Å². The van der Waals surface area contributed by atoms with E-state index in [1.807, 2.05) is 32.6 Å². The van der Waals surface area contributed by atoms with Gasteiger partial charge in [0, 0.05) is 25.8 Å². The summed E-state index contributed by atoms with van der Waals surface area (Å²) in [5.74, 6) is 0.105. The summed E-state index contributed by atoms with van der Waals surface area (Å²) in [5, 5.41) is 0. The average molecular weight is 211 g/mol. The summed E-state index contributed by atoms with van der Waals surface area (Å²) in [6, 6.07) is 0. The second kappa shape index (κ2) is 4.79. The highest BCUT2D eigenvalue weighted by molar-refractivity contribution is 5.88. The summed E-state index contributed by atoms with van der Waals surface area (Å²) < 4.78 is 5.66. The molecule has 0 saturated carbocycles. The lowest BCUT2D eigenvalue weighted by atomic mass is 10.1. The molecule has 3 nitrogen and oxygen atoms in total. The zero-order valence-corrected chi connectivity index (χ0v) is 10.2. The molecule has 0 aromatic heterocycles. The van der Waals surface area contributed by atoms with E-state index in [0.29, 0.717) is 6.54 Å². The van der Waals surface area contributed by atoms with Gasteiger partial charge in [-0.15, -0.1) is 0 Å². The van der Waals surface area contributed by atoms with E-state index in [2.05, 4.69) is 0 Å². The van der Waals surface area contributed by atoms with Gasteiger partial charge < -0.3 is 9.64 Å². The summed E-state index contributed by atoms with van der Waals surface area (Å²) in [4.78, 5) is 13.7. The number of carbonyl (C=O) groups excluding carboxylic acids is 1. The molecule has 15 heavy (non-hydrogen) atoms. The molecule has 0 aliphatic carbocycles. The van der Waals surface area contributed by atoms with Gasteiger partial charge in [-0.25, -0.2) is 0 Å². The Bertz CT molecular complexity index is 265. The minimum absolute atomic E-state index is 0.105. The van der Waals surface area contributed by atoms with Crippen molar-refractivity contribution in [3.63, 3.8) is 0 Å². The van der Waals surface area contributed by atoms with Crippen LogP contribution in [0, 0.1) is 0 Å². The van der Waals surface area contributed by atoms with Crippen molar-refractivity contribution < 1.29 is 9.53 Å². The highest BCUT2D eigenvalue weighted by Gasteiger charge is 2.27. The summed E-state index contributed by atoms with van der Waals surface area (Å²) in [7, 11) is 0. The van der Waals surface area contributed by atoms with Crippen molar-refractivity contribution in [3.05, 3.63) is 11.6 Å². The van der Waals surface area contributed by atoms with Crippen LogP contribution in [-0.4, -0.2) is 36.1 Å². The van der Waals surface area contributed by atoms with Gasteiger partial charge in [0.15, 0.2) is 0 Å². The van der Waals surface area contributed by atoms with Crippen LogP contribution in [-0.2, 0) is 9.53 Å². The summed E-state index contributed by atoms with van der Waals surface area (Å²) in [6.07, 6.45) is 2.62. The van der Waals surface area contributed by atoms with Crippen molar-refractivity contribution in [2.45, 2.75) is 39.7 Å². The Kier molecular flexibility index (Phi) is 3.91. The van der Waals surface area contributed by atoms with Crippen molar-refractivity contribution >= 4 is 5.91 Å². The zero-order chi connectivity index (χ0) is 11.5. The number of carbonyl (C=O) groups is 1. The van der Waals surface area contributed by atoms with Gasteiger partial charge in [0.1, 0.15) is 0 Å². The van der Waals surface area contributed by atoms with Crippen molar-refractivity contribution in [3.8, 4) is 0 Å². The van der Waals surface area contributed by atoms with E-state index >= 15 is 0 Å². The van der Waals surface area contributed by atoms with E-state index in [-0.39, 0.29) is 11.5 Å². The van der Waals surface area contributed by atoms with E-state index in [4.69, 9.17) is 4.74 Å². The fourth-order valence-electron chi connectivity index (χ4n) is 1.71. The van der Waals surface area contributed by atoms with Crippen LogP contribution in [0.4, 0.5) is 0 Å². The molecular weight excluding hydrogens is 190 g/mol. The molecule has 0 radical (unpaired) electrons. The summed E-state index contributed by atoms with van der Waals surface area (Å²) >= 11 is 0. The van der Waals surface area contributed by atoms with E-state index < -0.39 is 0 Å². The normalized spacial score (nSPS) is 20.7. The number of rotatable bonds is 1. The Labute approximate surface area is 92.1 Å². The number of ether oxygens (including phenoxy) is 1. The zero-order valence-electron chi connectivity index (χ0n) is 10.2. The molecule has 0 spiro atoms. The molecule has 3 heteroatoms. The fourth-order valence-corrected chi connectivity index (χ4v) is 1.71. The lowest BCUT2D eigenvalue weighted by Gasteiger charge is -2.28. The molecular formula is C12H21NO2. The molecule has 86 valence electrons. The minimum Gasteiger partial charge on any atom is -0.374 e. The number of nitrogens with zero attached hydrogens (tertiary/aromatic N) is 1. The molecule has 1 aliphatic rings. The minimum atomic E-state index is -0.221. The SMILES string of the molecule is CC(C)=CC(=O)N1CCCOC(C)(C)C1. The molecule has 1 rings (SSSR count). The van der Waals surface area contributed by atoms with Crippen LogP contribution in [0.5, 0.6) is 0 Å². The number of hydrogen-bond acceptors (Lipinski definition) is 2. The fraction of sp³-hybridized carbons (Fsp3) is 0.750. The topological polar surface area (TPSA) is 29.5 Å². The Morgan fingerprint density at radius 3 is 2.67 bits per heavy atom. The average Bonchev–Trinajstić information content (AvgIpc) is 2.25. The first-order valence-corrected chi connectivity index (χ1v) is 5.48. The Morgan fingerprint density at radius 1 is 1.40 bits per heavy atom. The third-order valence-electron chi connectivity index (χ3n) is 2.36. The van der Waals surface area contributed by atoms with E-state index in [1.54, 1.807) is 6.08 Å². The molecule has 0 atom stereocenters. The van der Waals surface area contributed by atoms with E-state index in [0.717, 1.165) is 25.1 Å². The van der Waals surface area contributed by atoms with Gasteiger partial charge in [0.25, 0.3) is 0 Å². The van der Waals surface area contributed by atoms with Crippen LogP contribution in [0.3, 0.4) is 0 Å². The first-order valence-electron chi connectivity index (χ1n) is 5.48. The quantitative estimate of drug-likeness (QED) is 0.621. The predicted molar refractivity (Wildman–Crippen MR) is 60.7 cm³/mol. The van der Waals surface area contributed by atoms with Gasteiger partial charge in [-0.2, -0.15) is 0 Å². The predicted octanol–water partition coefficient (Wildman–Crippen LogP) is 1.98. The van der Waals surface area contributed by atoms with Crippen molar-refractivity contribution in [2.24, 2.45) is 0 Å². The molecule has 0 bridgehead atoms. The first-order chi connectivity index (χ1) is 6.91. The maximum absolute atomic E-state index is 11.8. The standard InChI is InChI=1S/C12H21NO2/c1-10(2)8-11(14)13-6-5-7-15-12(3,4)9-13/h8H,5-7,9H2,1-4H3. The van der Waals surface area contributed by atoms with Crippen LogP contribution in [0.25, 0.3) is 0 Å². The summed E-state index contributed by atoms with van der Waals surface area (Å²) in [6.45, 7) is 10.2. The Morgan fingerprint density at radius 2 is 2.07 bits per heavy atom. The van der Waals surface area contributed by atoms with Gasteiger partial charge in [-0.3, -0.25) is 4.79 Å². The molecule has 1 heterocycles. The Hall–Kier alpha value is -0.830. The number of hydrogen-bond donors (Lipinski definition) is 0. The molecule has 1 aliphatic heterocycles. The maximum atomic E-state index is 11.8. The first kappa shape index (κ1) is 12.2. The monoisotopic (exact) mass is 211 g/mol. The number of amides is 1. The van der Waals surface area contributed by atoms with Gasteiger partial charge in [-0.1, -0.05) is 5.57 Å². The maximum Gasteiger partial charge on any atom is 0.246 e. The molecule has 0 N–H and O–H groups in total.